The minimum atomic E-state index is -0.388. The lowest BCUT2D eigenvalue weighted by atomic mass is 10.3. The molecule has 2 rings (SSSR count). The first-order chi connectivity index (χ1) is 8.65. The van der Waals surface area contributed by atoms with Gasteiger partial charge in [0.05, 0.1) is 5.69 Å². The minimum absolute atomic E-state index is 0.242. The van der Waals surface area contributed by atoms with Crippen LogP contribution in [0.3, 0.4) is 0 Å². The molecule has 0 spiro atoms. The Kier molecular flexibility index (Phi) is 3.84. The molecule has 18 heavy (non-hydrogen) atoms. The number of benzene rings is 2. The van der Waals surface area contributed by atoms with Crippen molar-refractivity contribution in [1.29, 1.82) is 0 Å². The van der Waals surface area contributed by atoms with Crippen LogP contribution in [0.15, 0.2) is 48.5 Å². The summed E-state index contributed by atoms with van der Waals surface area (Å²) in [6.45, 7) is 0. The van der Waals surface area contributed by atoms with Crippen LogP contribution in [-0.2, 0) is 0 Å². The Morgan fingerprint density at radius 1 is 0.889 bits per heavy atom. The number of nitrogens with one attached hydrogen (secondary N) is 2. The number of anilines is 2. The molecule has 0 fully saturated rings. The fourth-order valence-electron chi connectivity index (χ4n) is 1.38. The molecular formula is C13H10F2N2S. The Morgan fingerprint density at radius 3 is 2.22 bits per heavy atom. The predicted molar refractivity (Wildman–Crippen MR) is 72.6 cm³/mol. The topological polar surface area (TPSA) is 24.1 Å². The van der Waals surface area contributed by atoms with E-state index in [0.717, 1.165) is 0 Å². The Bertz CT molecular complexity index is 555. The van der Waals surface area contributed by atoms with Crippen LogP contribution in [0, 0.1) is 11.6 Å². The molecule has 92 valence electrons. The number of hydrogen-bond acceptors (Lipinski definition) is 1. The predicted octanol–water partition coefficient (Wildman–Crippen LogP) is 3.77. The average molecular weight is 264 g/mol. The van der Waals surface area contributed by atoms with Crippen LogP contribution in [0.1, 0.15) is 0 Å². The Balaban J connectivity index is 2.01. The number of halogens is 2. The second-order valence-electron chi connectivity index (χ2n) is 3.57. The van der Waals surface area contributed by atoms with Gasteiger partial charge >= 0.3 is 0 Å². The maximum absolute atomic E-state index is 13.3. The summed E-state index contributed by atoms with van der Waals surface area (Å²) in [5.41, 5.74) is 0.919. The standard InChI is InChI=1S/C13H10F2N2S/c14-9-5-7-10(8-6-9)16-13(18)17-12-4-2-1-3-11(12)15/h1-8H,(H2,16,17,18). The van der Waals surface area contributed by atoms with Gasteiger partial charge in [-0.1, -0.05) is 12.1 Å². The third-order valence-corrected chi connectivity index (χ3v) is 2.43. The van der Waals surface area contributed by atoms with Gasteiger partial charge in [-0.15, -0.1) is 0 Å². The van der Waals surface area contributed by atoms with E-state index in [-0.39, 0.29) is 22.4 Å². The van der Waals surface area contributed by atoms with Crippen LogP contribution < -0.4 is 10.6 Å². The summed E-state index contributed by atoms with van der Waals surface area (Å²) in [4.78, 5) is 0. The van der Waals surface area contributed by atoms with E-state index in [1.807, 2.05) is 0 Å². The summed E-state index contributed by atoms with van der Waals surface area (Å²) in [5, 5.41) is 5.80. The molecule has 0 aliphatic heterocycles. The molecule has 5 heteroatoms. The summed E-state index contributed by atoms with van der Waals surface area (Å²) < 4.78 is 26.0. The van der Waals surface area contributed by atoms with Crippen molar-refractivity contribution in [2.24, 2.45) is 0 Å². The quantitative estimate of drug-likeness (QED) is 0.807. The molecule has 2 nitrogen and oxygen atoms in total. The largest absolute Gasteiger partial charge is 0.332 e. The van der Waals surface area contributed by atoms with E-state index in [1.165, 1.54) is 18.2 Å². The van der Waals surface area contributed by atoms with E-state index in [1.54, 1.807) is 30.3 Å². The molecule has 0 heterocycles. The molecule has 0 aliphatic carbocycles. The van der Waals surface area contributed by atoms with Crippen LogP contribution in [0.5, 0.6) is 0 Å². The number of hydrogen-bond donors (Lipinski definition) is 2. The molecule has 0 aliphatic rings. The molecule has 2 aromatic rings. The van der Waals surface area contributed by atoms with Gasteiger partial charge in [-0.2, -0.15) is 0 Å². The fourth-order valence-corrected chi connectivity index (χ4v) is 1.61. The van der Waals surface area contributed by atoms with Crippen molar-refractivity contribution in [3.05, 3.63) is 60.2 Å². The van der Waals surface area contributed by atoms with Crippen molar-refractivity contribution < 1.29 is 8.78 Å². The van der Waals surface area contributed by atoms with Gasteiger partial charge in [0.25, 0.3) is 0 Å². The first-order valence-corrected chi connectivity index (χ1v) is 5.64. The first-order valence-electron chi connectivity index (χ1n) is 5.23. The van der Waals surface area contributed by atoms with Crippen LogP contribution >= 0.6 is 12.2 Å². The lowest BCUT2D eigenvalue weighted by Gasteiger charge is -2.10. The zero-order valence-corrected chi connectivity index (χ0v) is 10.1. The smallest absolute Gasteiger partial charge is 0.175 e. The van der Waals surface area contributed by atoms with E-state index in [4.69, 9.17) is 12.2 Å². The number of thiocarbonyl (C=S) groups is 1. The Labute approximate surface area is 109 Å². The lowest BCUT2D eigenvalue weighted by Crippen LogP contribution is -2.19. The molecular weight excluding hydrogens is 254 g/mol. The van der Waals surface area contributed by atoms with Crippen molar-refractivity contribution in [1.82, 2.24) is 0 Å². The second kappa shape index (κ2) is 5.55. The third kappa shape index (κ3) is 3.24. The van der Waals surface area contributed by atoms with Gasteiger partial charge < -0.3 is 10.6 Å². The highest BCUT2D eigenvalue weighted by atomic mass is 32.1. The third-order valence-electron chi connectivity index (χ3n) is 2.22. The molecule has 0 saturated heterocycles. The van der Waals surface area contributed by atoms with Gasteiger partial charge in [-0.25, -0.2) is 8.78 Å². The van der Waals surface area contributed by atoms with Gasteiger partial charge in [0.1, 0.15) is 11.6 Å². The van der Waals surface area contributed by atoms with Crippen LogP contribution in [0.4, 0.5) is 20.2 Å². The number of rotatable bonds is 2. The molecule has 0 radical (unpaired) electrons. The fraction of sp³-hybridized carbons (Fsp3) is 0. The van der Waals surface area contributed by atoms with Crippen molar-refractivity contribution in [2.45, 2.75) is 0 Å². The summed E-state index contributed by atoms with van der Waals surface area (Å²) in [6, 6.07) is 11.9. The molecule has 0 aromatic heterocycles. The van der Waals surface area contributed by atoms with Crippen molar-refractivity contribution >= 4 is 28.7 Å². The van der Waals surface area contributed by atoms with Crippen LogP contribution in [-0.4, -0.2) is 5.11 Å². The minimum Gasteiger partial charge on any atom is -0.332 e. The van der Waals surface area contributed by atoms with E-state index >= 15 is 0 Å². The zero-order chi connectivity index (χ0) is 13.0. The van der Waals surface area contributed by atoms with Crippen LogP contribution in [0.2, 0.25) is 0 Å². The molecule has 0 bridgehead atoms. The molecule has 0 amide bonds. The Morgan fingerprint density at radius 2 is 1.56 bits per heavy atom. The summed E-state index contributed by atoms with van der Waals surface area (Å²) in [7, 11) is 0. The second-order valence-corrected chi connectivity index (χ2v) is 3.97. The molecule has 2 N–H and O–H groups in total. The number of para-hydroxylation sites is 1. The van der Waals surface area contributed by atoms with Gasteiger partial charge in [0, 0.05) is 5.69 Å². The highest BCUT2D eigenvalue weighted by Gasteiger charge is 2.03. The SMILES string of the molecule is Fc1ccc(NC(=S)Nc2ccccc2F)cc1. The molecule has 0 unspecified atom stereocenters. The van der Waals surface area contributed by atoms with Gasteiger partial charge in [-0.05, 0) is 48.6 Å². The van der Waals surface area contributed by atoms with Gasteiger partial charge in [0.2, 0.25) is 0 Å². The van der Waals surface area contributed by atoms with Gasteiger partial charge in [0.15, 0.2) is 5.11 Å². The van der Waals surface area contributed by atoms with E-state index in [0.29, 0.717) is 5.69 Å². The van der Waals surface area contributed by atoms with Crippen molar-refractivity contribution in [2.75, 3.05) is 10.6 Å². The monoisotopic (exact) mass is 264 g/mol. The summed E-state index contributed by atoms with van der Waals surface area (Å²) in [5.74, 6) is -0.714. The molecule has 0 atom stereocenters. The highest BCUT2D eigenvalue weighted by molar-refractivity contribution is 7.80. The van der Waals surface area contributed by atoms with E-state index in [9.17, 15) is 8.78 Å². The zero-order valence-electron chi connectivity index (χ0n) is 9.28. The Hall–Kier alpha value is -2.01. The lowest BCUT2D eigenvalue weighted by molar-refractivity contribution is 0.628. The normalized spacial score (nSPS) is 9.89. The highest BCUT2D eigenvalue weighted by Crippen LogP contribution is 2.14. The van der Waals surface area contributed by atoms with Crippen LogP contribution in [0.25, 0.3) is 0 Å². The maximum atomic E-state index is 13.3. The summed E-state index contributed by atoms with van der Waals surface area (Å²) in [6.07, 6.45) is 0. The first kappa shape index (κ1) is 12.4. The van der Waals surface area contributed by atoms with E-state index in [2.05, 4.69) is 10.6 Å². The molecule has 0 saturated carbocycles. The molecule has 2 aromatic carbocycles. The maximum Gasteiger partial charge on any atom is 0.175 e. The average Bonchev–Trinajstić information content (AvgIpc) is 2.35. The summed E-state index contributed by atoms with van der Waals surface area (Å²) >= 11 is 5.03. The van der Waals surface area contributed by atoms with Gasteiger partial charge in [-0.3, -0.25) is 0 Å². The van der Waals surface area contributed by atoms with Crippen molar-refractivity contribution in [3.8, 4) is 0 Å². The van der Waals surface area contributed by atoms with Crippen molar-refractivity contribution in [3.63, 3.8) is 0 Å². The van der Waals surface area contributed by atoms with E-state index < -0.39 is 0 Å².